The van der Waals surface area contributed by atoms with Crippen molar-refractivity contribution in [3.63, 3.8) is 0 Å². The Labute approximate surface area is 136 Å². The monoisotopic (exact) mass is 481 g/mol. The first kappa shape index (κ1) is 14.1. The second-order valence-electron chi connectivity index (χ2n) is 3.73. The Kier molecular flexibility index (Phi) is 4.91. The van der Waals surface area contributed by atoms with Crippen LogP contribution in [0.1, 0.15) is 5.56 Å². The molecule has 0 aliphatic heterocycles. The van der Waals surface area contributed by atoms with E-state index >= 15 is 0 Å². The molecule has 2 N–H and O–H groups in total. The summed E-state index contributed by atoms with van der Waals surface area (Å²) in [7, 11) is 0. The van der Waals surface area contributed by atoms with Crippen LogP contribution in [0.2, 0.25) is 0 Å². The number of para-hydroxylation sites is 1. The molecule has 0 heterocycles. The highest BCUT2D eigenvalue weighted by Gasteiger charge is 2.05. The third-order valence-corrected chi connectivity index (χ3v) is 5.45. The maximum Gasteiger partial charge on any atom is 0.134 e. The summed E-state index contributed by atoms with van der Waals surface area (Å²) >= 11 is 9.07. The molecular weight excluding hydrogens is 473 g/mol. The van der Waals surface area contributed by atoms with Gasteiger partial charge in [0.15, 0.2) is 0 Å². The smallest absolute Gasteiger partial charge is 0.134 e. The third kappa shape index (κ3) is 3.39. The fraction of sp³-hybridized carbons (Fsp3) is 0.0769. The number of anilines is 1. The van der Waals surface area contributed by atoms with Crippen LogP contribution in [0.25, 0.3) is 0 Å². The number of hydrogen-bond acceptors (Lipinski definition) is 2. The molecule has 0 bridgehead atoms. The molecule has 2 nitrogen and oxygen atoms in total. The van der Waals surface area contributed by atoms with Gasteiger partial charge in [0.2, 0.25) is 0 Å². The van der Waals surface area contributed by atoms with E-state index in [4.69, 9.17) is 0 Å². The number of nitrogens with one attached hydrogen (secondary N) is 1. The molecule has 0 aliphatic carbocycles. The first-order valence-electron chi connectivity index (χ1n) is 5.23. The normalized spacial score (nSPS) is 10.4. The van der Waals surface area contributed by atoms with Crippen LogP contribution in [0.3, 0.4) is 0 Å². The van der Waals surface area contributed by atoms with Crippen molar-refractivity contribution in [2.75, 3.05) is 5.32 Å². The van der Waals surface area contributed by atoms with Crippen LogP contribution in [0.4, 0.5) is 5.69 Å². The lowest BCUT2D eigenvalue weighted by Crippen LogP contribution is -2.00. The summed E-state index contributed by atoms with van der Waals surface area (Å²) in [6.07, 6.45) is 0. The second-order valence-corrected chi connectivity index (χ2v) is 6.60. The molecule has 0 aliphatic rings. The fourth-order valence-electron chi connectivity index (χ4n) is 1.51. The van der Waals surface area contributed by atoms with Gasteiger partial charge < -0.3 is 10.4 Å². The minimum atomic E-state index is 0.287. The van der Waals surface area contributed by atoms with Crippen LogP contribution >= 0.6 is 54.5 Å². The molecule has 0 aromatic heterocycles. The average Bonchev–Trinajstić information content (AvgIpc) is 2.35. The maximum atomic E-state index is 9.88. The quantitative estimate of drug-likeness (QED) is 0.594. The molecule has 5 heteroatoms. The summed E-state index contributed by atoms with van der Waals surface area (Å²) in [6, 6.07) is 11.7. The van der Waals surface area contributed by atoms with Gasteiger partial charge in [0, 0.05) is 25.8 Å². The molecule has 0 radical (unpaired) electrons. The molecule has 94 valence electrons. The van der Waals surface area contributed by atoms with Gasteiger partial charge in [0.05, 0.1) is 4.47 Å². The number of phenols is 1. The second kappa shape index (κ2) is 6.25. The van der Waals surface area contributed by atoms with E-state index in [2.05, 4.69) is 59.8 Å². The molecule has 0 saturated heterocycles. The average molecular weight is 483 g/mol. The van der Waals surface area contributed by atoms with Crippen molar-refractivity contribution in [3.8, 4) is 5.75 Å². The Balaban J connectivity index is 2.11. The van der Waals surface area contributed by atoms with E-state index in [9.17, 15) is 5.11 Å². The number of aromatic hydroxyl groups is 1. The van der Waals surface area contributed by atoms with E-state index in [1.165, 1.54) is 3.57 Å². The Bertz CT molecular complexity index is 575. The van der Waals surface area contributed by atoms with Gasteiger partial charge in [-0.1, -0.05) is 12.1 Å². The molecule has 0 atom stereocenters. The number of rotatable bonds is 3. The van der Waals surface area contributed by atoms with Crippen LogP contribution in [0.5, 0.6) is 5.75 Å². The minimum absolute atomic E-state index is 0.287. The van der Waals surface area contributed by atoms with Crippen molar-refractivity contribution >= 4 is 60.1 Å². The van der Waals surface area contributed by atoms with E-state index < -0.39 is 0 Å². The zero-order chi connectivity index (χ0) is 13.1. The molecule has 0 unspecified atom stereocenters. The summed E-state index contributed by atoms with van der Waals surface area (Å²) in [5.74, 6) is 0.287. The summed E-state index contributed by atoms with van der Waals surface area (Å²) in [6.45, 7) is 0.582. The molecule has 2 aromatic rings. The van der Waals surface area contributed by atoms with E-state index in [1.54, 1.807) is 0 Å². The van der Waals surface area contributed by atoms with Gasteiger partial charge in [-0.15, -0.1) is 0 Å². The van der Waals surface area contributed by atoms with Crippen LogP contribution in [0, 0.1) is 3.57 Å². The number of hydrogen-bond donors (Lipinski definition) is 2. The highest BCUT2D eigenvalue weighted by molar-refractivity contribution is 14.1. The highest BCUT2D eigenvalue weighted by atomic mass is 127. The SMILES string of the molecule is Oc1c(Br)cccc1CNc1ccc(I)c(Br)c1. The van der Waals surface area contributed by atoms with Crippen molar-refractivity contribution in [1.29, 1.82) is 0 Å². The Hall–Kier alpha value is -0.270. The van der Waals surface area contributed by atoms with Crippen molar-refractivity contribution in [2.45, 2.75) is 6.54 Å². The molecule has 2 rings (SSSR count). The Morgan fingerprint density at radius 2 is 1.89 bits per heavy atom. The van der Waals surface area contributed by atoms with Gasteiger partial charge in [0.1, 0.15) is 5.75 Å². The van der Waals surface area contributed by atoms with Gasteiger partial charge in [-0.3, -0.25) is 0 Å². The Morgan fingerprint density at radius 3 is 2.61 bits per heavy atom. The summed E-state index contributed by atoms with van der Waals surface area (Å²) in [5, 5.41) is 13.2. The van der Waals surface area contributed by atoms with Gasteiger partial charge in [0.25, 0.3) is 0 Å². The third-order valence-electron chi connectivity index (χ3n) is 2.47. The summed E-state index contributed by atoms with van der Waals surface area (Å²) < 4.78 is 2.95. The van der Waals surface area contributed by atoms with E-state index in [0.29, 0.717) is 11.0 Å². The predicted octanol–water partition coefficient (Wildman–Crippen LogP) is 5.13. The van der Waals surface area contributed by atoms with Crippen molar-refractivity contribution in [2.24, 2.45) is 0 Å². The lowest BCUT2D eigenvalue weighted by atomic mass is 10.2. The minimum Gasteiger partial charge on any atom is -0.506 e. The fourth-order valence-corrected chi connectivity index (χ4v) is 2.63. The molecule has 2 aromatic carbocycles. The van der Waals surface area contributed by atoms with Gasteiger partial charge >= 0.3 is 0 Å². The summed E-state index contributed by atoms with van der Waals surface area (Å²) in [4.78, 5) is 0. The highest BCUT2D eigenvalue weighted by Crippen LogP contribution is 2.28. The van der Waals surface area contributed by atoms with Gasteiger partial charge in [-0.25, -0.2) is 0 Å². The van der Waals surface area contributed by atoms with E-state index in [1.807, 2.05) is 36.4 Å². The Morgan fingerprint density at radius 1 is 1.11 bits per heavy atom. The predicted molar refractivity (Wildman–Crippen MR) is 90.0 cm³/mol. The zero-order valence-corrected chi connectivity index (χ0v) is 14.6. The first-order valence-corrected chi connectivity index (χ1v) is 7.89. The molecule has 0 spiro atoms. The molecule has 18 heavy (non-hydrogen) atoms. The van der Waals surface area contributed by atoms with Gasteiger partial charge in [-0.2, -0.15) is 0 Å². The first-order chi connectivity index (χ1) is 8.58. The largest absolute Gasteiger partial charge is 0.506 e. The molecule has 0 amide bonds. The molecule has 0 fully saturated rings. The van der Waals surface area contributed by atoms with Crippen LogP contribution in [0.15, 0.2) is 45.3 Å². The standard InChI is InChI=1S/C13H10Br2INO/c14-10-3-1-2-8(13(10)18)7-17-9-4-5-12(16)11(15)6-9/h1-6,17-18H,7H2. The molecule has 0 saturated carbocycles. The number of halogens is 3. The molecular formula is C13H10Br2INO. The zero-order valence-electron chi connectivity index (χ0n) is 9.25. The summed E-state index contributed by atoms with van der Waals surface area (Å²) in [5.41, 5.74) is 1.88. The van der Waals surface area contributed by atoms with Crippen molar-refractivity contribution in [3.05, 3.63) is 54.5 Å². The van der Waals surface area contributed by atoms with Crippen LogP contribution in [-0.4, -0.2) is 5.11 Å². The number of benzene rings is 2. The van der Waals surface area contributed by atoms with Crippen molar-refractivity contribution < 1.29 is 5.11 Å². The maximum absolute atomic E-state index is 9.88. The van der Waals surface area contributed by atoms with E-state index in [0.717, 1.165) is 15.7 Å². The topological polar surface area (TPSA) is 32.3 Å². The van der Waals surface area contributed by atoms with E-state index in [-0.39, 0.29) is 5.75 Å². The van der Waals surface area contributed by atoms with Crippen LogP contribution in [-0.2, 0) is 6.54 Å². The van der Waals surface area contributed by atoms with Gasteiger partial charge in [-0.05, 0) is 78.7 Å². The van der Waals surface area contributed by atoms with Crippen LogP contribution < -0.4 is 5.32 Å². The lowest BCUT2D eigenvalue weighted by molar-refractivity contribution is 0.465. The van der Waals surface area contributed by atoms with Crippen molar-refractivity contribution in [1.82, 2.24) is 0 Å². The number of phenolic OH excluding ortho intramolecular Hbond substituents is 1. The lowest BCUT2D eigenvalue weighted by Gasteiger charge is -2.10.